The van der Waals surface area contributed by atoms with Crippen LogP contribution in [0, 0.1) is 0 Å². The number of hydrogen-bond acceptors (Lipinski definition) is 1. The summed E-state index contributed by atoms with van der Waals surface area (Å²) in [5, 5.41) is 3.51. The Morgan fingerprint density at radius 3 is 2.67 bits per heavy atom. The minimum absolute atomic E-state index is 0.574. The fourth-order valence-electron chi connectivity index (χ4n) is 1.53. The average Bonchev–Trinajstić information content (AvgIpc) is 2.28. The van der Waals surface area contributed by atoms with E-state index < -0.39 is 0 Å². The van der Waals surface area contributed by atoms with Gasteiger partial charge in [-0.15, -0.1) is 0 Å². The Labute approximate surface area is 93.2 Å². The smallest absolute Gasteiger partial charge is 0.00733 e. The standard InChI is InChI=1S/C14H21N/c1-3-4-8-13(2)15-12-11-14-9-6-5-7-10-14/h3-7,9-10,13,15H,8,11-12H2,1-2H3/b4-3+/t13-/m1/s1. The molecular formula is C14H21N. The van der Waals surface area contributed by atoms with Gasteiger partial charge >= 0.3 is 0 Å². The molecule has 1 N–H and O–H groups in total. The summed E-state index contributed by atoms with van der Waals surface area (Å²) in [7, 11) is 0. The van der Waals surface area contributed by atoms with Gasteiger partial charge in [0.1, 0.15) is 0 Å². The second kappa shape index (κ2) is 7.24. The van der Waals surface area contributed by atoms with Crippen LogP contribution in [0.5, 0.6) is 0 Å². The first kappa shape index (κ1) is 12.0. The van der Waals surface area contributed by atoms with Crippen LogP contribution in [-0.2, 0) is 6.42 Å². The Hall–Kier alpha value is -1.08. The molecule has 0 bridgehead atoms. The van der Waals surface area contributed by atoms with Crippen LogP contribution in [0.1, 0.15) is 25.8 Å². The molecule has 15 heavy (non-hydrogen) atoms. The number of allylic oxidation sites excluding steroid dienone is 1. The van der Waals surface area contributed by atoms with E-state index in [-0.39, 0.29) is 0 Å². The van der Waals surface area contributed by atoms with Gasteiger partial charge in [-0.1, -0.05) is 42.5 Å². The van der Waals surface area contributed by atoms with E-state index >= 15 is 0 Å². The SMILES string of the molecule is C/C=C/C[C@@H](C)NCCc1ccccc1. The Balaban J connectivity index is 2.16. The third-order valence-corrected chi connectivity index (χ3v) is 2.47. The molecule has 1 atom stereocenters. The highest BCUT2D eigenvalue weighted by Crippen LogP contribution is 1.99. The molecule has 0 radical (unpaired) electrons. The Morgan fingerprint density at radius 2 is 2.00 bits per heavy atom. The maximum Gasteiger partial charge on any atom is 0.00733 e. The van der Waals surface area contributed by atoms with Gasteiger partial charge < -0.3 is 5.32 Å². The number of nitrogens with one attached hydrogen (secondary N) is 1. The van der Waals surface area contributed by atoms with Gasteiger partial charge in [-0.05, 0) is 38.8 Å². The van der Waals surface area contributed by atoms with Crippen molar-refractivity contribution in [3.8, 4) is 0 Å². The molecule has 82 valence electrons. The molecular weight excluding hydrogens is 182 g/mol. The zero-order valence-electron chi connectivity index (χ0n) is 9.74. The average molecular weight is 203 g/mol. The van der Waals surface area contributed by atoms with Crippen molar-refractivity contribution in [1.29, 1.82) is 0 Å². The highest BCUT2D eigenvalue weighted by molar-refractivity contribution is 5.14. The van der Waals surface area contributed by atoms with Crippen LogP contribution in [0.3, 0.4) is 0 Å². The lowest BCUT2D eigenvalue weighted by molar-refractivity contribution is 0.556. The molecule has 0 aliphatic heterocycles. The molecule has 0 unspecified atom stereocenters. The first-order valence-corrected chi connectivity index (χ1v) is 5.71. The van der Waals surface area contributed by atoms with Crippen LogP contribution in [0.25, 0.3) is 0 Å². The van der Waals surface area contributed by atoms with Crippen molar-refractivity contribution < 1.29 is 0 Å². The summed E-state index contributed by atoms with van der Waals surface area (Å²) in [4.78, 5) is 0. The van der Waals surface area contributed by atoms with Gasteiger partial charge in [-0.3, -0.25) is 0 Å². The maximum atomic E-state index is 3.51. The van der Waals surface area contributed by atoms with Crippen molar-refractivity contribution >= 4 is 0 Å². The highest BCUT2D eigenvalue weighted by Gasteiger charge is 1.97. The molecule has 1 aromatic carbocycles. The minimum atomic E-state index is 0.574. The summed E-state index contributed by atoms with van der Waals surface area (Å²) in [6, 6.07) is 11.2. The van der Waals surface area contributed by atoms with Crippen molar-refractivity contribution in [3.63, 3.8) is 0 Å². The molecule has 0 aliphatic rings. The monoisotopic (exact) mass is 203 g/mol. The number of hydrogen-bond donors (Lipinski definition) is 1. The second-order valence-corrected chi connectivity index (χ2v) is 3.90. The molecule has 0 heterocycles. The highest BCUT2D eigenvalue weighted by atomic mass is 14.9. The van der Waals surface area contributed by atoms with Crippen LogP contribution in [0.4, 0.5) is 0 Å². The topological polar surface area (TPSA) is 12.0 Å². The first-order chi connectivity index (χ1) is 7.33. The lowest BCUT2D eigenvalue weighted by Gasteiger charge is -2.11. The molecule has 0 fully saturated rings. The molecule has 0 amide bonds. The van der Waals surface area contributed by atoms with E-state index in [0.717, 1.165) is 19.4 Å². The molecule has 1 rings (SSSR count). The summed E-state index contributed by atoms with van der Waals surface area (Å²) in [5.74, 6) is 0. The van der Waals surface area contributed by atoms with Gasteiger partial charge in [-0.25, -0.2) is 0 Å². The minimum Gasteiger partial charge on any atom is -0.314 e. The molecule has 0 aromatic heterocycles. The summed E-state index contributed by atoms with van der Waals surface area (Å²) >= 11 is 0. The molecule has 1 nitrogen and oxygen atoms in total. The van der Waals surface area contributed by atoms with E-state index in [0.29, 0.717) is 6.04 Å². The zero-order chi connectivity index (χ0) is 10.9. The number of rotatable bonds is 6. The molecule has 1 heteroatoms. The van der Waals surface area contributed by atoms with Crippen molar-refractivity contribution in [2.75, 3.05) is 6.54 Å². The fourth-order valence-corrected chi connectivity index (χ4v) is 1.53. The van der Waals surface area contributed by atoms with Crippen molar-refractivity contribution in [3.05, 3.63) is 48.0 Å². The van der Waals surface area contributed by atoms with Crippen LogP contribution in [0.15, 0.2) is 42.5 Å². The van der Waals surface area contributed by atoms with Gasteiger partial charge in [0, 0.05) is 6.04 Å². The maximum absolute atomic E-state index is 3.51. The molecule has 0 aliphatic carbocycles. The molecule has 0 saturated carbocycles. The van der Waals surface area contributed by atoms with E-state index in [4.69, 9.17) is 0 Å². The fraction of sp³-hybridized carbons (Fsp3) is 0.429. The Bertz CT molecular complexity index is 277. The summed E-state index contributed by atoms with van der Waals surface area (Å²) < 4.78 is 0. The largest absolute Gasteiger partial charge is 0.314 e. The van der Waals surface area contributed by atoms with E-state index in [9.17, 15) is 0 Å². The lowest BCUT2D eigenvalue weighted by Crippen LogP contribution is -2.27. The summed E-state index contributed by atoms with van der Waals surface area (Å²) in [6.45, 7) is 5.35. The summed E-state index contributed by atoms with van der Waals surface area (Å²) in [5.41, 5.74) is 1.41. The normalized spacial score (nSPS) is 13.2. The van der Waals surface area contributed by atoms with Gasteiger partial charge in [0.25, 0.3) is 0 Å². The third kappa shape index (κ3) is 5.38. The van der Waals surface area contributed by atoms with E-state index in [1.807, 2.05) is 0 Å². The van der Waals surface area contributed by atoms with Crippen LogP contribution < -0.4 is 5.32 Å². The van der Waals surface area contributed by atoms with Gasteiger partial charge in [0.05, 0.1) is 0 Å². The van der Waals surface area contributed by atoms with Gasteiger partial charge in [-0.2, -0.15) is 0 Å². The van der Waals surface area contributed by atoms with Gasteiger partial charge in [0.15, 0.2) is 0 Å². The third-order valence-electron chi connectivity index (χ3n) is 2.47. The predicted molar refractivity (Wildman–Crippen MR) is 67.0 cm³/mol. The van der Waals surface area contributed by atoms with Crippen molar-refractivity contribution in [2.24, 2.45) is 0 Å². The van der Waals surface area contributed by atoms with Crippen LogP contribution in [0.2, 0.25) is 0 Å². The van der Waals surface area contributed by atoms with Crippen molar-refractivity contribution in [2.45, 2.75) is 32.7 Å². The first-order valence-electron chi connectivity index (χ1n) is 5.71. The molecule has 0 saturated heterocycles. The molecule has 1 aromatic rings. The van der Waals surface area contributed by atoms with E-state index in [1.54, 1.807) is 0 Å². The second-order valence-electron chi connectivity index (χ2n) is 3.90. The van der Waals surface area contributed by atoms with E-state index in [1.165, 1.54) is 5.56 Å². The predicted octanol–water partition coefficient (Wildman–Crippen LogP) is 3.17. The summed E-state index contributed by atoms with van der Waals surface area (Å²) in [6.07, 6.45) is 6.54. The quantitative estimate of drug-likeness (QED) is 0.700. The van der Waals surface area contributed by atoms with E-state index in [2.05, 4.69) is 61.6 Å². The zero-order valence-corrected chi connectivity index (χ0v) is 9.74. The Morgan fingerprint density at radius 1 is 1.27 bits per heavy atom. The molecule has 0 spiro atoms. The van der Waals surface area contributed by atoms with Crippen LogP contribution >= 0.6 is 0 Å². The lowest BCUT2D eigenvalue weighted by atomic mass is 10.1. The van der Waals surface area contributed by atoms with Gasteiger partial charge in [0.2, 0.25) is 0 Å². The number of benzene rings is 1. The Kier molecular flexibility index (Phi) is 5.79. The van der Waals surface area contributed by atoms with Crippen molar-refractivity contribution in [1.82, 2.24) is 5.32 Å². The van der Waals surface area contributed by atoms with Crippen LogP contribution in [-0.4, -0.2) is 12.6 Å².